The predicted octanol–water partition coefficient (Wildman–Crippen LogP) is 6.81. The second-order valence-corrected chi connectivity index (χ2v) is 7.89. The van der Waals surface area contributed by atoms with Crippen LogP contribution in [0, 0.1) is 0 Å². The van der Waals surface area contributed by atoms with Gasteiger partial charge in [-0.3, -0.25) is 0 Å². The van der Waals surface area contributed by atoms with Crippen LogP contribution in [0.1, 0.15) is 9.30 Å². The lowest BCUT2D eigenvalue weighted by molar-refractivity contribution is 1.42. The second-order valence-electron chi connectivity index (χ2n) is 4.83. The molecule has 0 nitrogen and oxygen atoms in total. The highest BCUT2D eigenvalue weighted by atomic mass is 79.9. The highest BCUT2D eigenvalue weighted by molar-refractivity contribution is 9.24. The normalized spacial score (nSPS) is 10.8. The smallest absolute Gasteiger partial charge is 0.0712 e. The van der Waals surface area contributed by atoms with Gasteiger partial charge in [-0.25, -0.2) is 0 Å². The van der Waals surface area contributed by atoms with Crippen LogP contribution >= 0.6 is 31.9 Å². The first-order valence-electron chi connectivity index (χ1n) is 6.78. The Bertz CT molecular complexity index is 716. The molecule has 0 aliphatic heterocycles. The van der Waals surface area contributed by atoms with E-state index in [0.29, 0.717) is 0 Å². The van der Waals surface area contributed by atoms with Crippen LogP contribution in [0.25, 0.3) is 22.3 Å². The first kappa shape index (κ1) is 14.6. The molecule has 0 radical (unpaired) electrons. The molecule has 0 atom stereocenters. The summed E-state index contributed by atoms with van der Waals surface area (Å²) in [6.45, 7) is 0. The Morgan fingerprint density at radius 2 is 1.00 bits per heavy atom. The number of hydrogen-bond donors (Lipinski definition) is 0. The summed E-state index contributed by atoms with van der Waals surface area (Å²) in [4.78, 5) is 0. The van der Waals surface area contributed by atoms with Crippen LogP contribution in [0.5, 0.6) is 0 Å². The summed E-state index contributed by atoms with van der Waals surface area (Å²) in [5.41, 5.74) is 6.22. The molecule has 0 heterocycles. The fourth-order valence-electron chi connectivity index (χ4n) is 2.41. The molecule has 3 aromatic rings. The van der Waals surface area contributed by atoms with Crippen LogP contribution in [0.3, 0.4) is 0 Å². The summed E-state index contributed by atoms with van der Waals surface area (Å²) in [6, 6.07) is 27.7. The zero-order valence-corrected chi connectivity index (χ0v) is 14.5. The Morgan fingerprint density at radius 1 is 0.524 bits per heavy atom. The standard InChI is InChI=1S/C19H14Br2/c20-19(21)16-12-10-15(11-13-16)18-9-5-4-8-17(18)14-6-2-1-3-7-14/h1-13,19H. The van der Waals surface area contributed by atoms with Crippen LogP contribution < -0.4 is 0 Å². The third-order valence-corrected chi connectivity index (χ3v) is 4.54. The molecule has 0 N–H and O–H groups in total. The number of hydrogen-bond acceptors (Lipinski definition) is 0. The lowest BCUT2D eigenvalue weighted by atomic mass is 9.94. The molecule has 0 saturated carbocycles. The zero-order chi connectivity index (χ0) is 14.7. The van der Waals surface area contributed by atoms with Crippen molar-refractivity contribution in [2.24, 2.45) is 0 Å². The molecule has 0 saturated heterocycles. The summed E-state index contributed by atoms with van der Waals surface area (Å²) in [5, 5.41) is 0. The van der Waals surface area contributed by atoms with Crippen LogP contribution in [0.15, 0.2) is 78.9 Å². The van der Waals surface area contributed by atoms with E-state index in [2.05, 4.69) is 105 Å². The number of halogens is 2. The maximum Gasteiger partial charge on any atom is 0.0946 e. The second kappa shape index (κ2) is 6.59. The van der Waals surface area contributed by atoms with Crippen molar-refractivity contribution in [3.8, 4) is 22.3 Å². The highest BCUT2D eigenvalue weighted by Crippen LogP contribution is 2.34. The molecular weight excluding hydrogens is 388 g/mol. The van der Waals surface area contributed by atoms with Gasteiger partial charge in [0.15, 0.2) is 0 Å². The summed E-state index contributed by atoms with van der Waals surface area (Å²) < 4.78 is 0.198. The molecule has 3 aromatic carbocycles. The maximum absolute atomic E-state index is 3.53. The monoisotopic (exact) mass is 400 g/mol. The Kier molecular flexibility index (Phi) is 4.57. The molecular formula is C19H14Br2. The molecule has 0 bridgehead atoms. The van der Waals surface area contributed by atoms with Crippen LogP contribution in [0.4, 0.5) is 0 Å². The summed E-state index contributed by atoms with van der Waals surface area (Å²) in [7, 11) is 0. The molecule has 0 unspecified atom stereocenters. The van der Waals surface area contributed by atoms with Crippen molar-refractivity contribution in [1.82, 2.24) is 0 Å². The van der Waals surface area contributed by atoms with Crippen molar-refractivity contribution in [3.63, 3.8) is 0 Å². The van der Waals surface area contributed by atoms with E-state index in [0.717, 1.165) is 0 Å². The Labute approximate surface area is 142 Å². The van der Waals surface area contributed by atoms with Crippen molar-refractivity contribution >= 4 is 31.9 Å². The van der Waals surface area contributed by atoms with Gasteiger partial charge in [-0.05, 0) is 27.8 Å². The largest absolute Gasteiger partial charge is 0.0946 e. The van der Waals surface area contributed by atoms with Gasteiger partial charge in [-0.1, -0.05) is 111 Å². The Morgan fingerprint density at radius 3 is 1.52 bits per heavy atom. The van der Waals surface area contributed by atoms with Crippen molar-refractivity contribution < 1.29 is 0 Å². The van der Waals surface area contributed by atoms with E-state index in [1.807, 2.05) is 6.07 Å². The van der Waals surface area contributed by atoms with E-state index in [9.17, 15) is 0 Å². The van der Waals surface area contributed by atoms with Crippen molar-refractivity contribution in [2.45, 2.75) is 3.74 Å². The van der Waals surface area contributed by atoms with E-state index in [4.69, 9.17) is 0 Å². The fraction of sp³-hybridized carbons (Fsp3) is 0.0526. The van der Waals surface area contributed by atoms with Gasteiger partial charge in [0.25, 0.3) is 0 Å². The van der Waals surface area contributed by atoms with E-state index < -0.39 is 0 Å². The minimum atomic E-state index is 0.198. The third-order valence-electron chi connectivity index (χ3n) is 3.49. The van der Waals surface area contributed by atoms with Crippen molar-refractivity contribution in [2.75, 3.05) is 0 Å². The van der Waals surface area contributed by atoms with Gasteiger partial charge in [0.05, 0.1) is 3.74 Å². The molecule has 2 heteroatoms. The van der Waals surface area contributed by atoms with Crippen molar-refractivity contribution in [3.05, 3.63) is 84.4 Å². The lowest BCUT2D eigenvalue weighted by Crippen LogP contribution is -1.86. The zero-order valence-electron chi connectivity index (χ0n) is 11.3. The van der Waals surface area contributed by atoms with Gasteiger partial charge in [-0.2, -0.15) is 0 Å². The minimum absolute atomic E-state index is 0.198. The number of benzene rings is 3. The topological polar surface area (TPSA) is 0 Å². The van der Waals surface area contributed by atoms with Gasteiger partial charge >= 0.3 is 0 Å². The molecule has 3 rings (SSSR count). The molecule has 0 aliphatic carbocycles. The number of alkyl halides is 2. The van der Waals surface area contributed by atoms with Crippen LogP contribution in [-0.2, 0) is 0 Å². The van der Waals surface area contributed by atoms with Gasteiger partial charge in [0.2, 0.25) is 0 Å². The first-order chi connectivity index (χ1) is 10.3. The summed E-state index contributed by atoms with van der Waals surface area (Å²) >= 11 is 7.06. The minimum Gasteiger partial charge on any atom is -0.0712 e. The lowest BCUT2D eigenvalue weighted by Gasteiger charge is -2.11. The average Bonchev–Trinajstić information content (AvgIpc) is 2.56. The highest BCUT2D eigenvalue weighted by Gasteiger charge is 2.07. The van der Waals surface area contributed by atoms with Gasteiger partial charge in [0, 0.05) is 0 Å². The van der Waals surface area contributed by atoms with E-state index in [1.165, 1.54) is 27.8 Å². The van der Waals surface area contributed by atoms with Crippen LogP contribution in [-0.4, -0.2) is 0 Å². The Balaban J connectivity index is 2.07. The summed E-state index contributed by atoms with van der Waals surface area (Å²) in [6.07, 6.45) is 0. The number of rotatable bonds is 3. The summed E-state index contributed by atoms with van der Waals surface area (Å²) in [5.74, 6) is 0. The maximum atomic E-state index is 3.53. The quantitative estimate of drug-likeness (QED) is 0.423. The van der Waals surface area contributed by atoms with Gasteiger partial charge in [-0.15, -0.1) is 0 Å². The molecule has 0 fully saturated rings. The van der Waals surface area contributed by atoms with Gasteiger partial charge < -0.3 is 0 Å². The molecule has 104 valence electrons. The average molecular weight is 402 g/mol. The molecule has 0 aromatic heterocycles. The van der Waals surface area contributed by atoms with Crippen molar-refractivity contribution in [1.29, 1.82) is 0 Å². The molecule has 0 aliphatic rings. The Hall–Kier alpha value is -1.38. The third kappa shape index (κ3) is 3.28. The molecule has 21 heavy (non-hydrogen) atoms. The fourth-order valence-corrected chi connectivity index (χ4v) is 3.02. The SMILES string of the molecule is BrC(Br)c1ccc(-c2ccccc2-c2ccccc2)cc1. The first-order valence-corrected chi connectivity index (χ1v) is 8.62. The molecule has 0 amide bonds. The van der Waals surface area contributed by atoms with Gasteiger partial charge in [0.1, 0.15) is 0 Å². The van der Waals surface area contributed by atoms with Crippen LogP contribution in [0.2, 0.25) is 0 Å². The molecule has 0 spiro atoms. The van der Waals surface area contributed by atoms with E-state index in [-0.39, 0.29) is 3.74 Å². The predicted molar refractivity (Wildman–Crippen MR) is 97.9 cm³/mol. The van der Waals surface area contributed by atoms with E-state index in [1.54, 1.807) is 0 Å². The van der Waals surface area contributed by atoms with E-state index >= 15 is 0 Å².